The summed E-state index contributed by atoms with van der Waals surface area (Å²) in [5.74, 6) is -1.49. The van der Waals surface area contributed by atoms with Crippen molar-refractivity contribution < 1.29 is 19.1 Å². The smallest absolute Gasteiger partial charge is 0.335 e. The summed E-state index contributed by atoms with van der Waals surface area (Å²) in [5, 5.41) is 12.0. The molecule has 0 unspecified atom stereocenters. The van der Waals surface area contributed by atoms with Gasteiger partial charge in [-0.25, -0.2) is 9.18 Å². The number of carbonyl (C=O) groups excluding carboxylic acids is 1. The second kappa shape index (κ2) is 4.16. The number of benzene rings is 2. The molecule has 0 bridgehead atoms. The van der Waals surface area contributed by atoms with E-state index < -0.39 is 11.4 Å². The summed E-state index contributed by atoms with van der Waals surface area (Å²) in [5.41, 5.74) is 1.74. The molecule has 2 aliphatic rings. The Morgan fingerprint density at radius 1 is 1.23 bits per heavy atom. The molecule has 4 nitrogen and oxygen atoms in total. The number of carboxylic acid groups (broad SMARTS) is 1. The second-order valence-electron chi connectivity index (χ2n) is 5.80. The van der Waals surface area contributed by atoms with Gasteiger partial charge in [0.25, 0.3) is 0 Å². The van der Waals surface area contributed by atoms with Gasteiger partial charge in [0.05, 0.1) is 11.0 Å². The number of hydrogen-bond acceptors (Lipinski definition) is 2. The van der Waals surface area contributed by atoms with Gasteiger partial charge < -0.3 is 10.4 Å². The fourth-order valence-electron chi connectivity index (χ4n) is 3.42. The van der Waals surface area contributed by atoms with Gasteiger partial charge in [0.2, 0.25) is 5.91 Å². The van der Waals surface area contributed by atoms with Gasteiger partial charge in [-0.15, -0.1) is 0 Å². The minimum absolute atomic E-state index is 0.0432. The molecule has 1 amide bonds. The van der Waals surface area contributed by atoms with E-state index in [1.807, 2.05) is 0 Å². The average Bonchev–Trinajstić information content (AvgIpc) is 3.18. The summed E-state index contributed by atoms with van der Waals surface area (Å²) in [6, 6.07) is 10.8. The molecule has 1 spiro atoms. The summed E-state index contributed by atoms with van der Waals surface area (Å²) in [7, 11) is 0. The Hall–Kier alpha value is -2.69. The van der Waals surface area contributed by atoms with E-state index in [-0.39, 0.29) is 23.2 Å². The summed E-state index contributed by atoms with van der Waals surface area (Å²) in [4.78, 5) is 23.6. The lowest BCUT2D eigenvalue weighted by molar-refractivity contribution is -0.118. The molecule has 1 saturated carbocycles. The Kier molecular flexibility index (Phi) is 2.46. The van der Waals surface area contributed by atoms with Crippen LogP contribution in [-0.2, 0) is 10.2 Å². The van der Waals surface area contributed by atoms with Crippen molar-refractivity contribution in [2.75, 3.05) is 5.32 Å². The first-order valence-electron chi connectivity index (χ1n) is 6.97. The van der Waals surface area contributed by atoms with Crippen LogP contribution < -0.4 is 5.32 Å². The first kappa shape index (κ1) is 13.0. The predicted molar refractivity (Wildman–Crippen MR) is 77.5 cm³/mol. The predicted octanol–water partition coefficient (Wildman–Crippen LogP) is 2.90. The SMILES string of the molecule is O=C(O)c1ccc2c(c1)[C@@]1(C[C@@H]1c1ccc(F)cc1)C(=O)N2. The Balaban J connectivity index is 1.79. The van der Waals surface area contributed by atoms with Crippen LogP contribution in [0.15, 0.2) is 42.5 Å². The number of anilines is 1. The molecule has 5 heteroatoms. The third-order valence-electron chi connectivity index (χ3n) is 4.63. The van der Waals surface area contributed by atoms with Gasteiger partial charge in [-0.1, -0.05) is 12.1 Å². The number of amides is 1. The number of carboxylic acids is 1. The molecule has 4 rings (SSSR count). The van der Waals surface area contributed by atoms with Crippen molar-refractivity contribution in [3.05, 3.63) is 65.0 Å². The Labute approximate surface area is 125 Å². The summed E-state index contributed by atoms with van der Waals surface area (Å²) in [6.07, 6.45) is 0.612. The molecular weight excluding hydrogens is 285 g/mol. The van der Waals surface area contributed by atoms with E-state index in [0.29, 0.717) is 12.1 Å². The van der Waals surface area contributed by atoms with Crippen LogP contribution >= 0.6 is 0 Å². The number of carbonyl (C=O) groups is 2. The van der Waals surface area contributed by atoms with Crippen LogP contribution in [0.4, 0.5) is 10.1 Å². The Bertz CT molecular complexity index is 815. The van der Waals surface area contributed by atoms with Crippen LogP contribution in [-0.4, -0.2) is 17.0 Å². The number of rotatable bonds is 2. The molecule has 2 aromatic carbocycles. The summed E-state index contributed by atoms with van der Waals surface area (Å²) in [6.45, 7) is 0. The van der Waals surface area contributed by atoms with Gasteiger partial charge in [-0.2, -0.15) is 0 Å². The monoisotopic (exact) mass is 297 g/mol. The van der Waals surface area contributed by atoms with Crippen molar-refractivity contribution in [2.24, 2.45) is 0 Å². The van der Waals surface area contributed by atoms with Crippen LogP contribution in [0.1, 0.15) is 33.8 Å². The van der Waals surface area contributed by atoms with Crippen molar-refractivity contribution >= 4 is 17.6 Å². The highest BCUT2D eigenvalue weighted by Crippen LogP contribution is 2.64. The highest BCUT2D eigenvalue weighted by Gasteiger charge is 2.65. The maximum Gasteiger partial charge on any atom is 0.335 e. The van der Waals surface area contributed by atoms with E-state index in [0.717, 1.165) is 11.1 Å². The second-order valence-corrected chi connectivity index (χ2v) is 5.80. The molecule has 1 heterocycles. The van der Waals surface area contributed by atoms with Gasteiger partial charge in [0.15, 0.2) is 0 Å². The van der Waals surface area contributed by atoms with Crippen molar-refractivity contribution in [1.29, 1.82) is 0 Å². The Morgan fingerprint density at radius 3 is 2.64 bits per heavy atom. The minimum atomic E-state index is -1.02. The molecule has 2 aromatic rings. The molecule has 1 aliphatic heterocycles. The van der Waals surface area contributed by atoms with E-state index in [9.17, 15) is 14.0 Å². The molecule has 22 heavy (non-hydrogen) atoms. The highest BCUT2D eigenvalue weighted by atomic mass is 19.1. The van der Waals surface area contributed by atoms with E-state index in [2.05, 4.69) is 5.32 Å². The largest absolute Gasteiger partial charge is 0.478 e. The normalized spacial score (nSPS) is 25.0. The van der Waals surface area contributed by atoms with Crippen LogP contribution in [0.5, 0.6) is 0 Å². The highest BCUT2D eigenvalue weighted by molar-refractivity contribution is 6.10. The van der Waals surface area contributed by atoms with Gasteiger partial charge >= 0.3 is 5.97 Å². The van der Waals surface area contributed by atoms with Crippen molar-refractivity contribution in [3.63, 3.8) is 0 Å². The van der Waals surface area contributed by atoms with E-state index in [1.165, 1.54) is 18.2 Å². The topological polar surface area (TPSA) is 66.4 Å². The minimum Gasteiger partial charge on any atom is -0.478 e. The zero-order valence-corrected chi connectivity index (χ0v) is 11.5. The summed E-state index contributed by atoms with van der Waals surface area (Å²) < 4.78 is 13.1. The third kappa shape index (κ3) is 1.62. The number of fused-ring (bicyclic) bond motifs is 2. The number of aromatic carboxylic acids is 1. The average molecular weight is 297 g/mol. The van der Waals surface area contributed by atoms with Crippen molar-refractivity contribution in [2.45, 2.75) is 17.8 Å². The number of hydrogen-bond donors (Lipinski definition) is 2. The fourth-order valence-corrected chi connectivity index (χ4v) is 3.42. The first-order chi connectivity index (χ1) is 10.5. The fraction of sp³-hybridized carbons (Fsp3) is 0.176. The van der Waals surface area contributed by atoms with Crippen LogP contribution in [0, 0.1) is 5.82 Å². The standard InChI is InChI=1S/C17H12FNO3/c18-11-4-1-9(2-5-11)13-8-17(13)12-7-10(15(20)21)3-6-14(12)19-16(17)22/h1-7,13H,8H2,(H,19,22)(H,20,21)/t13-,17-/m1/s1. The Morgan fingerprint density at radius 2 is 1.95 bits per heavy atom. The third-order valence-corrected chi connectivity index (χ3v) is 4.63. The molecule has 110 valence electrons. The molecular formula is C17H12FNO3. The van der Waals surface area contributed by atoms with Gasteiger partial charge in [0.1, 0.15) is 5.82 Å². The van der Waals surface area contributed by atoms with Crippen LogP contribution in [0.25, 0.3) is 0 Å². The summed E-state index contributed by atoms with van der Waals surface area (Å²) >= 11 is 0. The number of nitrogens with one attached hydrogen (secondary N) is 1. The quantitative estimate of drug-likeness (QED) is 0.895. The van der Waals surface area contributed by atoms with Gasteiger partial charge in [-0.05, 0) is 47.9 Å². The molecule has 2 atom stereocenters. The molecule has 0 aromatic heterocycles. The maximum absolute atomic E-state index is 13.1. The van der Waals surface area contributed by atoms with Crippen LogP contribution in [0.2, 0.25) is 0 Å². The van der Waals surface area contributed by atoms with E-state index >= 15 is 0 Å². The maximum atomic E-state index is 13.1. The van der Waals surface area contributed by atoms with E-state index in [4.69, 9.17) is 5.11 Å². The van der Waals surface area contributed by atoms with Crippen molar-refractivity contribution in [1.82, 2.24) is 0 Å². The lowest BCUT2D eigenvalue weighted by Crippen LogP contribution is -2.21. The molecule has 1 aliphatic carbocycles. The molecule has 2 N–H and O–H groups in total. The van der Waals surface area contributed by atoms with Crippen molar-refractivity contribution in [3.8, 4) is 0 Å². The van der Waals surface area contributed by atoms with Gasteiger partial charge in [0, 0.05) is 11.6 Å². The number of halogens is 1. The zero-order chi connectivity index (χ0) is 15.5. The van der Waals surface area contributed by atoms with Crippen LogP contribution in [0.3, 0.4) is 0 Å². The van der Waals surface area contributed by atoms with Gasteiger partial charge in [-0.3, -0.25) is 4.79 Å². The molecule has 0 saturated heterocycles. The first-order valence-corrected chi connectivity index (χ1v) is 6.97. The molecule has 0 radical (unpaired) electrons. The lowest BCUT2D eigenvalue weighted by atomic mass is 9.91. The molecule has 1 fully saturated rings. The zero-order valence-electron chi connectivity index (χ0n) is 11.5. The lowest BCUT2D eigenvalue weighted by Gasteiger charge is -2.09. The van der Waals surface area contributed by atoms with E-state index in [1.54, 1.807) is 24.3 Å².